The molecule has 4 nitrogen and oxygen atoms in total. The molecule has 0 spiro atoms. The molecule has 0 saturated carbocycles. The van der Waals surface area contributed by atoms with Crippen LogP contribution in [-0.2, 0) is 6.42 Å². The predicted molar refractivity (Wildman–Crippen MR) is 82.4 cm³/mol. The SMILES string of the molecule is CC(C)n1ccn(-c2ccccc2CCCCN)c1=O. The van der Waals surface area contributed by atoms with Gasteiger partial charge < -0.3 is 5.73 Å². The Morgan fingerprint density at radius 2 is 1.90 bits per heavy atom. The first-order valence-corrected chi connectivity index (χ1v) is 7.23. The number of aryl methyl sites for hydroxylation is 1. The molecule has 0 fully saturated rings. The number of para-hydroxylation sites is 1. The third-order valence-corrected chi connectivity index (χ3v) is 3.51. The van der Waals surface area contributed by atoms with Crippen molar-refractivity contribution in [1.29, 1.82) is 0 Å². The van der Waals surface area contributed by atoms with Gasteiger partial charge in [-0.25, -0.2) is 4.79 Å². The topological polar surface area (TPSA) is 52.9 Å². The van der Waals surface area contributed by atoms with Gasteiger partial charge in [-0.2, -0.15) is 0 Å². The first-order valence-electron chi connectivity index (χ1n) is 7.23. The van der Waals surface area contributed by atoms with E-state index in [1.54, 1.807) is 9.13 Å². The smallest absolute Gasteiger partial charge is 0.330 e. The zero-order valence-electron chi connectivity index (χ0n) is 12.2. The number of rotatable bonds is 6. The normalized spacial score (nSPS) is 11.2. The molecule has 0 bridgehead atoms. The van der Waals surface area contributed by atoms with Crippen LogP contribution in [0, 0.1) is 0 Å². The monoisotopic (exact) mass is 273 g/mol. The van der Waals surface area contributed by atoms with Gasteiger partial charge in [0.2, 0.25) is 0 Å². The molecule has 0 atom stereocenters. The highest BCUT2D eigenvalue weighted by molar-refractivity contribution is 5.41. The highest BCUT2D eigenvalue weighted by Gasteiger charge is 2.10. The van der Waals surface area contributed by atoms with Crippen LogP contribution in [0.3, 0.4) is 0 Å². The maximum absolute atomic E-state index is 12.4. The van der Waals surface area contributed by atoms with Crippen molar-refractivity contribution in [1.82, 2.24) is 9.13 Å². The number of aromatic nitrogens is 2. The average molecular weight is 273 g/mol. The number of nitrogens with two attached hydrogens (primary N) is 1. The number of hydrogen-bond acceptors (Lipinski definition) is 2. The molecular weight excluding hydrogens is 250 g/mol. The number of hydrogen-bond donors (Lipinski definition) is 1. The van der Waals surface area contributed by atoms with Crippen LogP contribution < -0.4 is 11.4 Å². The van der Waals surface area contributed by atoms with Gasteiger partial charge in [-0.1, -0.05) is 18.2 Å². The molecule has 1 heterocycles. The van der Waals surface area contributed by atoms with Crippen molar-refractivity contribution in [3.8, 4) is 5.69 Å². The summed E-state index contributed by atoms with van der Waals surface area (Å²) in [7, 11) is 0. The lowest BCUT2D eigenvalue weighted by Gasteiger charge is -2.10. The summed E-state index contributed by atoms with van der Waals surface area (Å²) in [5.74, 6) is 0. The average Bonchev–Trinajstić information content (AvgIpc) is 2.81. The maximum Gasteiger partial charge on any atom is 0.332 e. The molecule has 0 amide bonds. The molecule has 0 saturated heterocycles. The minimum Gasteiger partial charge on any atom is -0.330 e. The molecule has 0 aliphatic carbocycles. The van der Waals surface area contributed by atoms with Gasteiger partial charge in [0.05, 0.1) is 5.69 Å². The minimum atomic E-state index is 0.0197. The van der Waals surface area contributed by atoms with Crippen molar-refractivity contribution in [3.63, 3.8) is 0 Å². The van der Waals surface area contributed by atoms with Crippen LogP contribution >= 0.6 is 0 Å². The van der Waals surface area contributed by atoms with E-state index in [9.17, 15) is 4.79 Å². The van der Waals surface area contributed by atoms with E-state index in [0.29, 0.717) is 6.54 Å². The van der Waals surface area contributed by atoms with E-state index in [0.717, 1.165) is 24.9 Å². The molecule has 0 radical (unpaired) electrons. The number of nitrogens with zero attached hydrogens (tertiary/aromatic N) is 2. The lowest BCUT2D eigenvalue weighted by atomic mass is 10.1. The summed E-state index contributed by atoms with van der Waals surface area (Å²) in [5.41, 5.74) is 7.74. The Labute approximate surface area is 119 Å². The molecule has 108 valence electrons. The van der Waals surface area contributed by atoms with E-state index in [1.807, 2.05) is 44.4 Å². The van der Waals surface area contributed by atoms with Gasteiger partial charge in [0.25, 0.3) is 0 Å². The fourth-order valence-corrected chi connectivity index (χ4v) is 2.38. The van der Waals surface area contributed by atoms with E-state index in [4.69, 9.17) is 5.73 Å². The molecule has 2 N–H and O–H groups in total. The van der Waals surface area contributed by atoms with Crippen LogP contribution in [0.4, 0.5) is 0 Å². The second-order valence-electron chi connectivity index (χ2n) is 5.33. The molecule has 20 heavy (non-hydrogen) atoms. The van der Waals surface area contributed by atoms with E-state index >= 15 is 0 Å². The number of unbranched alkanes of at least 4 members (excludes halogenated alkanes) is 1. The van der Waals surface area contributed by atoms with Crippen molar-refractivity contribution in [2.24, 2.45) is 5.73 Å². The molecule has 2 rings (SSSR count). The summed E-state index contributed by atoms with van der Waals surface area (Å²) in [6.07, 6.45) is 6.71. The summed E-state index contributed by atoms with van der Waals surface area (Å²) >= 11 is 0. The van der Waals surface area contributed by atoms with E-state index in [2.05, 4.69) is 6.07 Å². The summed E-state index contributed by atoms with van der Waals surface area (Å²) in [6, 6.07) is 8.26. The van der Waals surface area contributed by atoms with Crippen LogP contribution in [0.5, 0.6) is 0 Å². The van der Waals surface area contributed by atoms with Gasteiger partial charge in [-0.15, -0.1) is 0 Å². The van der Waals surface area contributed by atoms with Gasteiger partial charge in [0.1, 0.15) is 0 Å². The first-order chi connectivity index (χ1) is 9.65. The minimum absolute atomic E-state index is 0.0197. The lowest BCUT2D eigenvalue weighted by Crippen LogP contribution is -2.24. The second kappa shape index (κ2) is 6.57. The zero-order chi connectivity index (χ0) is 14.5. The van der Waals surface area contributed by atoms with Gasteiger partial charge in [-0.05, 0) is 51.3 Å². The Morgan fingerprint density at radius 3 is 2.55 bits per heavy atom. The molecule has 0 aliphatic heterocycles. The van der Waals surface area contributed by atoms with Crippen molar-refractivity contribution in [2.75, 3.05) is 6.54 Å². The van der Waals surface area contributed by atoms with E-state index in [-0.39, 0.29) is 11.7 Å². The molecule has 0 unspecified atom stereocenters. The predicted octanol–water partition coefficient (Wildman–Crippen LogP) is 2.50. The molecule has 2 aromatic rings. The molecule has 4 heteroatoms. The standard InChI is InChI=1S/C16H23N3O/c1-13(2)18-11-12-19(16(18)20)15-9-4-3-7-14(15)8-5-6-10-17/h3-4,7,9,11-13H,5-6,8,10,17H2,1-2H3. The Hall–Kier alpha value is -1.81. The van der Waals surface area contributed by atoms with Crippen LogP contribution in [0.1, 0.15) is 38.3 Å². The lowest BCUT2D eigenvalue weighted by molar-refractivity contribution is 0.573. The first kappa shape index (κ1) is 14.6. The molecule has 1 aromatic heterocycles. The second-order valence-corrected chi connectivity index (χ2v) is 5.33. The largest absolute Gasteiger partial charge is 0.332 e. The van der Waals surface area contributed by atoms with Gasteiger partial charge in [0, 0.05) is 18.4 Å². The third kappa shape index (κ3) is 3.02. The molecular formula is C16H23N3O. The third-order valence-electron chi connectivity index (χ3n) is 3.51. The Balaban J connectivity index is 2.35. The number of imidazole rings is 1. The zero-order valence-corrected chi connectivity index (χ0v) is 12.2. The highest BCUT2D eigenvalue weighted by atomic mass is 16.1. The molecule has 1 aromatic carbocycles. The van der Waals surface area contributed by atoms with Crippen molar-refractivity contribution < 1.29 is 0 Å². The van der Waals surface area contributed by atoms with Crippen LogP contribution in [0.2, 0.25) is 0 Å². The van der Waals surface area contributed by atoms with Crippen LogP contribution in [-0.4, -0.2) is 15.7 Å². The maximum atomic E-state index is 12.4. The van der Waals surface area contributed by atoms with Gasteiger partial charge in [-0.3, -0.25) is 9.13 Å². The fraction of sp³-hybridized carbons (Fsp3) is 0.438. The van der Waals surface area contributed by atoms with Crippen LogP contribution in [0.25, 0.3) is 5.69 Å². The van der Waals surface area contributed by atoms with Gasteiger partial charge >= 0.3 is 5.69 Å². The van der Waals surface area contributed by atoms with Crippen molar-refractivity contribution in [3.05, 3.63) is 52.7 Å². The van der Waals surface area contributed by atoms with Crippen molar-refractivity contribution in [2.45, 2.75) is 39.2 Å². The Morgan fingerprint density at radius 1 is 1.15 bits per heavy atom. The van der Waals surface area contributed by atoms with Crippen LogP contribution in [0.15, 0.2) is 41.5 Å². The van der Waals surface area contributed by atoms with E-state index in [1.165, 1.54) is 5.56 Å². The summed E-state index contributed by atoms with van der Waals surface area (Å²) in [4.78, 5) is 12.4. The Kier molecular flexibility index (Phi) is 4.79. The quantitative estimate of drug-likeness (QED) is 0.822. The summed E-state index contributed by atoms with van der Waals surface area (Å²) in [5, 5.41) is 0. The van der Waals surface area contributed by atoms with E-state index < -0.39 is 0 Å². The summed E-state index contributed by atoms with van der Waals surface area (Å²) in [6.45, 7) is 4.74. The fourth-order valence-electron chi connectivity index (χ4n) is 2.38. The molecule has 0 aliphatic rings. The highest BCUT2D eigenvalue weighted by Crippen LogP contribution is 2.16. The van der Waals surface area contributed by atoms with Gasteiger partial charge in [0.15, 0.2) is 0 Å². The van der Waals surface area contributed by atoms with Crippen molar-refractivity contribution >= 4 is 0 Å². The number of benzene rings is 1. The Bertz CT molecular complexity index is 610. The summed E-state index contributed by atoms with van der Waals surface area (Å²) < 4.78 is 3.48.